The van der Waals surface area contributed by atoms with Crippen molar-refractivity contribution in [2.45, 2.75) is 38.1 Å². The van der Waals surface area contributed by atoms with E-state index in [2.05, 4.69) is 50.6 Å². The van der Waals surface area contributed by atoms with Crippen LogP contribution in [-0.4, -0.2) is 54.6 Å². The fourth-order valence-electron chi connectivity index (χ4n) is 4.79. The van der Waals surface area contributed by atoms with Crippen LogP contribution in [0, 0.1) is 5.92 Å². The first-order chi connectivity index (χ1) is 13.7. The summed E-state index contributed by atoms with van der Waals surface area (Å²) in [5.41, 5.74) is 7.61. The first kappa shape index (κ1) is 19.3. The number of nitrogens with zero attached hydrogens (tertiary/aromatic N) is 2. The first-order valence-corrected chi connectivity index (χ1v) is 10.8. The Hall–Kier alpha value is -2.05. The van der Waals surface area contributed by atoms with Crippen molar-refractivity contribution < 1.29 is 4.79 Å². The minimum absolute atomic E-state index is 0.270. The second kappa shape index (κ2) is 8.97. The summed E-state index contributed by atoms with van der Waals surface area (Å²) in [4.78, 5) is 13.7. The summed E-state index contributed by atoms with van der Waals surface area (Å²) in [5, 5.41) is 8.05. The van der Waals surface area contributed by atoms with Crippen LogP contribution in [0.2, 0.25) is 0 Å². The average molecular weight is 384 g/mol. The molecule has 2 aliphatic rings. The lowest BCUT2D eigenvalue weighted by molar-refractivity contribution is -0.117. The molecular formula is C22H33N5O. The van der Waals surface area contributed by atoms with E-state index in [0.717, 1.165) is 11.6 Å². The van der Waals surface area contributed by atoms with Crippen LogP contribution in [0.4, 0.5) is 5.69 Å². The van der Waals surface area contributed by atoms with E-state index in [-0.39, 0.29) is 5.91 Å². The molecule has 0 bridgehead atoms. The molecule has 1 aromatic carbocycles. The Kier molecular flexibility index (Phi) is 6.17. The van der Waals surface area contributed by atoms with Gasteiger partial charge in [-0.05, 0) is 62.9 Å². The van der Waals surface area contributed by atoms with E-state index in [1.807, 2.05) is 0 Å². The number of amides is 1. The number of hydrogen-bond acceptors (Lipinski definition) is 4. The van der Waals surface area contributed by atoms with E-state index in [1.54, 1.807) is 0 Å². The predicted octanol–water partition coefficient (Wildman–Crippen LogP) is 2.57. The summed E-state index contributed by atoms with van der Waals surface area (Å²) < 4.78 is 2.45. The monoisotopic (exact) mass is 383 g/mol. The highest BCUT2D eigenvalue weighted by Gasteiger charge is 2.24. The maximum atomic E-state index is 11.0. The molecule has 0 radical (unpaired) electrons. The number of carbonyl (C=O) groups excluding carboxylic acids is 1. The van der Waals surface area contributed by atoms with Gasteiger partial charge in [-0.25, -0.2) is 0 Å². The highest BCUT2D eigenvalue weighted by molar-refractivity contribution is 5.92. The molecule has 4 rings (SSSR count). The largest absolute Gasteiger partial charge is 0.384 e. The molecule has 4 N–H and O–H groups in total. The van der Waals surface area contributed by atoms with Gasteiger partial charge in [-0.2, -0.15) is 0 Å². The number of fused-ring (bicyclic) bond motifs is 1. The summed E-state index contributed by atoms with van der Waals surface area (Å²) >= 11 is 0. The Labute approximate surface area is 167 Å². The number of aromatic nitrogens is 1. The standard InChI is InChI=1S/C22H33N5O/c23-22(28)6-12-25-20-2-1-3-21-19(20)9-15-27(21)18-7-13-26(14-8-18)16-17-4-10-24-11-5-17/h1-3,9,15,17-18,24-25H,4-8,10-14,16H2,(H2,23,28). The third kappa shape index (κ3) is 4.50. The van der Waals surface area contributed by atoms with Gasteiger partial charge in [-0.3, -0.25) is 4.79 Å². The van der Waals surface area contributed by atoms with Crippen LogP contribution >= 0.6 is 0 Å². The van der Waals surface area contributed by atoms with E-state index in [9.17, 15) is 4.79 Å². The quantitative estimate of drug-likeness (QED) is 0.687. The molecule has 3 heterocycles. The van der Waals surface area contributed by atoms with Crippen molar-refractivity contribution in [1.29, 1.82) is 0 Å². The topological polar surface area (TPSA) is 75.3 Å². The van der Waals surface area contributed by atoms with Crippen molar-refractivity contribution in [1.82, 2.24) is 14.8 Å². The molecule has 2 fully saturated rings. The van der Waals surface area contributed by atoms with E-state index in [0.29, 0.717) is 19.0 Å². The number of benzene rings is 1. The van der Waals surface area contributed by atoms with Crippen LogP contribution in [-0.2, 0) is 4.79 Å². The molecule has 152 valence electrons. The van der Waals surface area contributed by atoms with Gasteiger partial charge in [0.15, 0.2) is 0 Å². The van der Waals surface area contributed by atoms with Gasteiger partial charge in [0.1, 0.15) is 0 Å². The number of nitrogens with two attached hydrogens (primary N) is 1. The predicted molar refractivity (Wildman–Crippen MR) is 115 cm³/mol. The molecule has 1 amide bonds. The van der Waals surface area contributed by atoms with Crippen molar-refractivity contribution in [2.75, 3.05) is 44.6 Å². The molecule has 2 aliphatic heterocycles. The number of carbonyl (C=O) groups is 1. The highest BCUT2D eigenvalue weighted by atomic mass is 16.1. The molecule has 0 saturated carbocycles. The van der Waals surface area contributed by atoms with E-state index in [1.165, 1.54) is 69.3 Å². The Bertz CT molecular complexity index is 787. The van der Waals surface area contributed by atoms with E-state index < -0.39 is 0 Å². The molecule has 1 aromatic heterocycles. The maximum Gasteiger partial charge on any atom is 0.219 e. The maximum absolute atomic E-state index is 11.0. The minimum Gasteiger partial charge on any atom is -0.384 e. The molecule has 6 nitrogen and oxygen atoms in total. The molecule has 2 saturated heterocycles. The minimum atomic E-state index is -0.270. The van der Waals surface area contributed by atoms with Gasteiger partial charge >= 0.3 is 0 Å². The molecule has 0 spiro atoms. The Morgan fingerprint density at radius 1 is 1.14 bits per heavy atom. The van der Waals surface area contributed by atoms with Gasteiger partial charge in [-0.1, -0.05) is 6.07 Å². The second-order valence-electron chi connectivity index (χ2n) is 8.33. The Morgan fingerprint density at radius 2 is 1.93 bits per heavy atom. The van der Waals surface area contributed by atoms with Crippen LogP contribution < -0.4 is 16.4 Å². The van der Waals surface area contributed by atoms with Gasteiger partial charge in [-0.15, -0.1) is 0 Å². The summed E-state index contributed by atoms with van der Waals surface area (Å²) in [6.07, 6.45) is 7.67. The number of anilines is 1. The zero-order chi connectivity index (χ0) is 19.3. The van der Waals surface area contributed by atoms with Crippen molar-refractivity contribution in [2.24, 2.45) is 11.7 Å². The SMILES string of the molecule is NC(=O)CCNc1cccc2c1ccn2C1CCN(CC2CCNCC2)CC1. The number of primary amides is 1. The van der Waals surface area contributed by atoms with E-state index >= 15 is 0 Å². The van der Waals surface area contributed by atoms with E-state index in [4.69, 9.17) is 5.73 Å². The highest BCUT2D eigenvalue weighted by Crippen LogP contribution is 2.31. The van der Waals surface area contributed by atoms with Crippen molar-refractivity contribution in [3.05, 3.63) is 30.5 Å². The molecule has 6 heteroatoms. The summed E-state index contributed by atoms with van der Waals surface area (Å²) in [5.74, 6) is 0.604. The van der Waals surface area contributed by atoms with Crippen molar-refractivity contribution in [3.63, 3.8) is 0 Å². The van der Waals surface area contributed by atoms with Gasteiger partial charge in [0.05, 0.1) is 5.52 Å². The smallest absolute Gasteiger partial charge is 0.219 e. The number of likely N-dealkylation sites (tertiary alicyclic amines) is 1. The van der Waals surface area contributed by atoms with Gasteiger partial charge in [0, 0.05) is 55.9 Å². The summed E-state index contributed by atoms with van der Waals surface area (Å²) in [6.45, 7) is 6.62. The molecule has 0 atom stereocenters. The number of rotatable bonds is 7. The lowest BCUT2D eigenvalue weighted by Crippen LogP contribution is -2.40. The van der Waals surface area contributed by atoms with Crippen molar-refractivity contribution in [3.8, 4) is 0 Å². The van der Waals surface area contributed by atoms with Gasteiger partial charge < -0.3 is 25.8 Å². The summed E-state index contributed by atoms with van der Waals surface area (Å²) in [6, 6.07) is 9.15. The lowest BCUT2D eigenvalue weighted by Gasteiger charge is -2.36. The van der Waals surface area contributed by atoms with Crippen LogP contribution in [0.5, 0.6) is 0 Å². The van der Waals surface area contributed by atoms with Crippen LogP contribution in [0.3, 0.4) is 0 Å². The average Bonchev–Trinajstić information content (AvgIpc) is 3.14. The normalized spacial score (nSPS) is 19.9. The Balaban J connectivity index is 1.37. The molecule has 28 heavy (non-hydrogen) atoms. The summed E-state index contributed by atoms with van der Waals surface area (Å²) in [7, 11) is 0. The molecule has 2 aromatic rings. The molecule has 0 unspecified atom stereocenters. The second-order valence-corrected chi connectivity index (χ2v) is 8.33. The molecule has 0 aliphatic carbocycles. The third-order valence-corrected chi connectivity index (χ3v) is 6.38. The van der Waals surface area contributed by atoms with Crippen LogP contribution in [0.15, 0.2) is 30.5 Å². The number of hydrogen-bond donors (Lipinski definition) is 3. The van der Waals surface area contributed by atoms with Crippen molar-refractivity contribution >= 4 is 22.5 Å². The number of nitrogens with one attached hydrogen (secondary N) is 2. The molecular weight excluding hydrogens is 350 g/mol. The first-order valence-electron chi connectivity index (χ1n) is 10.8. The number of piperidine rings is 2. The van der Waals surface area contributed by atoms with Crippen LogP contribution in [0.1, 0.15) is 38.1 Å². The third-order valence-electron chi connectivity index (χ3n) is 6.38. The van der Waals surface area contributed by atoms with Gasteiger partial charge in [0.2, 0.25) is 5.91 Å². The Morgan fingerprint density at radius 3 is 2.68 bits per heavy atom. The fraction of sp³-hybridized carbons (Fsp3) is 0.591. The lowest BCUT2D eigenvalue weighted by atomic mass is 9.96. The van der Waals surface area contributed by atoms with Crippen LogP contribution in [0.25, 0.3) is 10.9 Å². The zero-order valence-corrected chi connectivity index (χ0v) is 16.7. The van der Waals surface area contributed by atoms with Gasteiger partial charge in [0.25, 0.3) is 0 Å². The fourth-order valence-corrected chi connectivity index (χ4v) is 4.79. The zero-order valence-electron chi connectivity index (χ0n) is 16.7.